The first kappa shape index (κ1) is 62.3. The van der Waals surface area contributed by atoms with Crippen molar-refractivity contribution in [3.8, 4) is 0 Å². The lowest BCUT2D eigenvalue weighted by molar-refractivity contribution is -0.140. The summed E-state index contributed by atoms with van der Waals surface area (Å²) >= 11 is 0. The number of hydrogen-bond donors (Lipinski definition) is 11. The molecule has 30 nitrogen and oxygen atoms in total. The fraction of sp³-hybridized carbons (Fsp3) is 0.490. The summed E-state index contributed by atoms with van der Waals surface area (Å²) in [5.41, 5.74) is 6.68. The third kappa shape index (κ3) is 18.8. The minimum atomic E-state index is -1.48. The van der Waals surface area contributed by atoms with E-state index < -0.39 is 72.8 Å². The lowest BCUT2D eigenvalue weighted by atomic mass is 9.98. The van der Waals surface area contributed by atoms with Crippen LogP contribution in [0.15, 0.2) is 48.5 Å². The van der Waals surface area contributed by atoms with Crippen LogP contribution in [0.3, 0.4) is 0 Å². The minimum Gasteiger partial charge on any atom is -0.480 e. The molecule has 4 heterocycles. The standard InChI is InChI=1S/C51H70N14O16/c52-65(41(33-66)64-23-21-62(31-46(76)77)19-17-61(30-45(74)75)18-20-63(22-24-64)32-47(78)79)51(81)49-37(35-6-2-4-8-39(35)54-49)25-36-34-5-1-3-7-38(34)53-48(36)50(80)56-55-40(67)26-57-9-11-58(27-42(68)69)13-15-60(29-44(72)73)16-14-59(12-10-57)28-43(70)71/h1-8,33,41,53-54H,9-32,52H2,(H,55,67)(H,56,80)(H,68,69)(H,70,71)(H,72,73)(H,74,75)(H,76,77)(H,78,79). The van der Waals surface area contributed by atoms with Gasteiger partial charge in [-0.1, -0.05) is 36.4 Å². The number of nitrogens with one attached hydrogen (secondary N) is 4. The number of H-pyrrole nitrogens is 2. The molecule has 1 unspecified atom stereocenters. The van der Waals surface area contributed by atoms with E-state index in [1.54, 1.807) is 82.8 Å². The molecule has 30 heteroatoms. The van der Waals surface area contributed by atoms with E-state index in [-0.39, 0.29) is 155 Å². The summed E-state index contributed by atoms with van der Waals surface area (Å²) in [6, 6.07) is 13.9. The van der Waals surface area contributed by atoms with Crippen LogP contribution in [0.5, 0.6) is 0 Å². The number of aromatic amines is 2. The number of fused-ring (bicyclic) bond motifs is 2. The van der Waals surface area contributed by atoms with Gasteiger partial charge in [-0.15, -0.1) is 0 Å². The van der Waals surface area contributed by atoms with Gasteiger partial charge in [-0.05, 0) is 23.3 Å². The van der Waals surface area contributed by atoms with Gasteiger partial charge in [0, 0.05) is 133 Å². The second-order valence-electron chi connectivity index (χ2n) is 19.8. The Hall–Kier alpha value is -7.94. The normalized spacial score (nSPS) is 17.6. The van der Waals surface area contributed by atoms with Crippen LogP contribution in [-0.2, 0) is 44.8 Å². The van der Waals surface area contributed by atoms with Crippen LogP contribution < -0.4 is 16.7 Å². The molecule has 0 aliphatic carbocycles. The summed E-state index contributed by atoms with van der Waals surface area (Å²) in [6.45, 7) is -0.836. The average molecular weight is 1140 g/mol. The van der Waals surface area contributed by atoms with Crippen LogP contribution in [0.1, 0.15) is 32.1 Å². The van der Waals surface area contributed by atoms with Crippen molar-refractivity contribution in [3.05, 3.63) is 71.0 Å². The van der Waals surface area contributed by atoms with E-state index in [9.17, 15) is 78.6 Å². The number of benzene rings is 2. The molecule has 12 N–H and O–H groups in total. The predicted octanol–water partition coefficient (Wildman–Crippen LogP) is -3.21. The van der Waals surface area contributed by atoms with E-state index in [1.807, 2.05) is 0 Å². The number of nitrogens with zero attached hydrogens (tertiary/aromatic N) is 9. The first-order valence-corrected chi connectivity index (χ1v) is 26.1. The second-order valence-corrected chi connectivity index (χ2v) is 19.8. The predicted molar refractivity (Wildman–Crippen MR) is 288 cm³/mol. The average Bonchev–Trinajstić information content (AvgIpc) is 4.22. The fourth-order valence-electron chi connectivity index (χ4n) is 9.98. The smallest absolute Gasteiger partial charge is 0.317 e. The van der Waals surface area contributed by atoms with E-state index in [4.69, 9.17) is 5.84 Å². The van der Waals surface area contributed by atoms with Gasteiger partial charge in [-0.2, -0.15) is 0 Å². The number of hydrogen-bond acceptors (Lipinski definition) is 19. The molecule has 2 aliphatic heterocycles. The number of carbonyl (C=O) groups is 10. The molecule has 81 heavy (non-hydrogen) atoms. The van der Waals surface area contributed by atoms with Crippen molar-refractivity contribution in [1.29, 1.82) is 0 Å². The van der Waals surface area contributed by atoms with Gasteiger partial charge in [0.05, 0.1) is 45.8 Å². The topological polar surface area (TPSA) is 403 Å². The quantitative estimate of drug-likeness (QED) is 0.0169. The number of carboxylic acids is 6. The SMILES string of the molecule is NN(C(=O)c1[nH]c2ccccc2c1Cc1c(C(=O)NNC(=O)CN2CCN(CC(=O)O)CCN(CC(=O)O)CCN(CC(=O)O)CC2)[nH]c2ccccc12)C(C=O)N1CCN(CC(=O)O)CCN(CC(=O)O)CCN(CC(=O)O)CC1. The highest BCUT2D eigenvalue weighted by molar-refractivity contribution is 6.05. The number of aromatic nitrogens is 2. The molecule has 0 radical (unpaired) electrons. The molecule has 2 fully saturated rings. The largest absolute Gasteiger partial charge is 0.480 e. The summed E-state index contributed by atoms with van der Waals surface area (Å²) in [5, 5.41) is 59.7. The molecule has 4 aromatic rings. The van der Waals surface area contributed by atoms with Gasteiger partial charge in [0.15, 0.2) is 12.5 Å². The van der Waals surface area contributed by atoms with Crippen molar-refractivity contribution in [2.75, 3.05) is 151 Å². The van der Waals surface area contributed by atoms with E-state index in [0.29, 0.717) is 39.2 Å². The molecule has 2 aliphatic rings. The van der Waals surface area contributed by atoms with Crippen molar-refractivity contribution in [2.45, 2.75) is 12.6 Å². The molecule has 0 saturated carbocycles. The number of hydrazine groups is 2. The van der Waals surface area contributed by atoms with Crippen LogP contribution in [0.2, 0.25) is 0 Å². The summed E-state index contributed by atoms with van der Waals surface area (Å²) in [4.78, 5) is 146. The third-order valence-electron chi connectivity index (χ3n) is 14.1. The van der Waals surface area contributed by atoms with E-state index >= 15 is 0 Å². The summed E-state index contributed by atoms with van der Waals surface area (Å²) < 4.78 is 0. The number of aldehydes is 1. The molecule has 0 bridgehead atoms. The van der Waals surface area contributed by atoms with Crippen LogP contribution in [0.25, 0.3) is 21.8 Å². The highest BCUT2D eigenvalue weighted by Gasteiger charge is 2.33. The molecule has 2 saturated heterocycles. The van der Waals surface area contributed by atoms with Crippen molar-refractivity contribution in [2.24, 2.45) is 5.84 Å². The van der Waals surface area contributed by atoms with Crippen LogP contribution in [0, 0.1) is 0 Å². The number of para-hydroxylation sites is 2. The number of amides is 3. The van der Waals surface area contributed by atoms with Gasteiger partial charge >= 0.3 is 35.8 Å². The highest BCUT2D eigenvalue weighted by Crippen LogP contribution is 2.31. The molecule has 2 aromatic carbocycles. The Bertz CT molecular complexity index is 2830. The van der Waals surface area contributed by atoms with Gasteiger partial charge in [0.2, 0.25) is 0 Å². The fourth-order valence-corrected chi connectivity index (χ4v) is 9.98. The summed E-state index contributed by atoms with van der Waals surface area (Å²) in [7, 11) is 0. The molecule has 6 rings (SSSR count). The Morgan fingerprint density at radius 1 is 0.469 bits per heavy atom. The summed E-state index contributed by atoms with van der Waals surface area (Å²) in [6.07, 6.45) is -1.13. The molecular weight excluding hydrogens is 1060 g/mol. The Morgan fingerprint density at radius 2 is 0.778 bits per heavy atom. The number of nitrogens with two attached hydrogens (primary N) is 1. The van der Waals surface area contributed by atoms with Gasteiger partial charge in [0.1, 0.15) is 11.4 Å². The second kappa shape index (κ2) is 30.0. The Balaban J connectivity index is 1.23. The molecular formula is C51H70N14O16. The van der Waals surface area contributed by atoms with Gasteiger partial charge in [-0.3, -0.25) is 103 Å². The first-order valence-electron chi connectivity index (χ1n) is 26.1. The van der Waals surface area contributed by atoms with Gasteiger partial charge < -0.3 is 40.6 Å². The Morgan fingerprint density at radius 3 is 1.12 bits per heavy atom. The van der Waals surface area contributed by atoms with Crippen LogP contribution in [-0.4, -0.2) is 301 Å². The third-order valence-corrected chi connectivity index (χ3v) is 14.1. The monoisotopic (exact) mass is 1130 g/mol. The maximum atomic E-state index is 14.9. The number of aliphatic carboxylic acids is 6. The highest BCUT2D eigenvalue weighted by atomic mass is 16.4. The van der Waals surface area contributed by atoms with Crippen molar-refractivity contribution >= 4 is 81.6 Å². The van der Waals surface area contributed by atoms with E-state index in [2.05, 4.69) is 20.8 Å². The first-order chi connectivity index (χ1) is 38.7. The zero-order chi connectivity index (χ0) is 58.8. The summed E-state index contributed by atoms with van der Waals surface area (Å²) in [5.74, 6) is -2.39. The van der Waals surface area contributed by atoms with Crippen LogP contribution >= 0.6 is 0 Å². The van der Waals surface area contributed by atoms with Gasteiger partial charge in [-0.25, -0.2) is 5.84 Å². The molecule has 3 amide bonds. The molecule has 0 spiro atoms. The molecule has 1 atom stereocenters. The van der Waals surface area contributed by atoms with Crippen molar-refractivity contribution in [1.82, 2.24) is 65.0 Å². The lowest BCUT2D eigenvalue weighted by Gasteiger charge is -2.37. The van der Waals surface area contributed by atoms with Crippen LogP contribution in [0.4, 0.5) is 0 Å². The Labute approximate surface area is 464 Å². The number of rotatable bonds is 21. The van der Waals surface area contributed by atoms with Crippen molar-refractivity contribution < 1.29 is 78.6 Å². The zero-order valence-electron chi connectivity index (χ0n) is 44.6. The number of carbonyl (C=O) groups excluding carboxylic acids is 4. The number of carboxylic acid groups (broad SMARTS) is 6. The Kier molecular flexibility index (Phi) is 23.1. The molecule has 440 valence electrons. The van der Waals surface area contributed by atoms with E-state index in [0.717, 1.165) is 5.01 Å². The van der Waals surface area contributed by atoms with Gasteiger partial charge in [0.25, 0.3) is 17.7 Å². The maximum Gasteiger partial charge on any atom is 0.317 e. The van der Waals surface area contributed by atoms with E-state index in [1.165, 1.54) is 4.90 Å². The molecule has 2 aromatic heterocycles. The van der Waals surface area contributed by atoms with Crippen molar-refractivity contribution in [3.63, 3.8) is 0 Å². The lowest BCUT2D eigenvalue weighted by Crippen LogP contribution is -2.58. The zero-order valence-corrected chi connectivity index (χ0v) is 44.6. The minimum absolute atomic E-state index is 0.00896. The maximum absolute atomic E-state index is 14.9.